The minimum Gasteiger partial charge on any atom is -0.296 e. The van der Waals surface area contributed by atoms with Crippen LogP contribution in [0.25, 0.3) is 0 Å². The van der Waals surface area contributed by atoms with Crippen molar-refractivity contribution < 1.29 is 8.42 Å². The number of hydrogen-bond donors (Lipinski definition) is 0. The molecule has 0 amide bonds. The van der Waals surface area contributed by atoms with E-state index < -0.39 is 10.0 Å². The largest absolute Gasteiger partial charge is 0.296 e. The molecule has 2 aromatic rings. The number of piperazine rings is 1. The van der Waals surface area contributed by atoms with E-state index in [9.17, 15) is 8.42 Å². The number of rotatable bonds is 4. The van der Waals surface area contributed by atoms with Crippen LogP contribution >= 0.6 is 35.3 Å². The Morgan fingerprint density at radius 3 is 2.26 bits per heavy atom. The van der Waals surface area contributed by atoms with Crippen LogP contribution in [0.4, 0.5) is 0 Å². The highest BCUT2D eigenvalue weighted by Crippen LogP contribution is 2.22. The van der Waals surface area contributed by atoms with Crippen molar-refractivity contribution in [2.45, 2.75) is 10.8 Å². The van der Waals surface area contributed by atoms with Gasteiger partial charge in [-0.1, -0.05) is 29.8 Å². The highest BCUT2D eigenvalue weighted by Gasteiger charge is 2.28. The molecule has 2 heterocycles. The van der Waals surface area contributed by atoms with Crippen molar-refractivity contribution in [2.75, 3.05) is 26.2 Å². The Hall–Kier alpha value is -0.630. The molecule has 0 radical (unpaired) electrons. The van der Waals surface area contributed by atoms with E-state index in [0.717, 1.165) is 24.7 Å². The summed E-state index contributed by atoms with van der Waals surface area (Å²) in [5, 5.41) is 2.53. The van der Waals surface area contributed by atoms with Gasteiger partial charge in [0.05, 0.1) is 0 Å². The quantitative estimate of drug-likeness (QED) is 0.800. The van der Waals surface area contributed by atoms with Gasteiger partial charge >= 0.3 is 0 Å². The maximum Gasteiger partial charge on any atom is 0.252 e. The van der Waals surface area contributed by atoms with Crippen molar-refractivity contribution in [3.8, 4) is 0 Å². The monoisotopic (exact) mass is 392 g/mol. The summed E-state index contributed by atoms with van der Waals surface area (Å²) in [5.41, 5.74) is 1.19. The number of nitrogens with zero attached hydrogens (tertiary/aromatic N) is 2. The van der Waals surface area contributed by atoms with Gasteiger partial charge in [0.2, 0.25) is 0 Å². The molecule has 0 saturated carbocycles. The molecule has 0 N–H and O–H groups in total. The van der Waals surface area contributed by atoms with E-state index in [4.69, 9.17) is 11.6 Å². The van der Waals surface area contributed by atoms with Crippen LogP contribution in [0.15, 0.2) is 46.0 Å². The third-order valence-corrected chi connectivity index (χ3v) is 7.26. The maximum atomic E-state index is 12.5. The highest BCUT2D eigenvalue weighted by molar-refractivity contribution is 7.91. The van der Waals surface area contributed by atoms with Gasteiger partial charge in [-0.05, 0) is 29.1 Å². The zero-order valence-corrected chi connectivity index (χ0v) is 15.6. The van der Waals surface area contributed by atoms with Gasteiger partial charge in [-0.15, -0.1) is 23.7 Å². The molecule has 8 heteroatoms. The summed E-state index contributed by atoms with van der Waals surface area (Å²) in [6.07, 6.45) is 0. The molecule has 23 heavy (non-hydrogen) atoms. The van der Waals surface area contributed by atoms with Crippen LogP contribution in [0.2, 0.25) is 5.02 Å². The van der Waals surface area contributed by atoms with E-state index in [1.165, 1.54) is 16.9 Å². The van der Waals surface area contributed by atoms with Crippen LogP contribution in [0.1, 0.15) is 5.56 Å². The molecule has 4 nitrogen and oxygen atoms in total. The van der Waals surface area contributed by atoms with Crippen LogP contribution in [0.5, 0.6) is 0 Å². The molecule has 0 bridgehead atoms. The van der Waals surface area contributed by atoms with E-state index in [2.05, 4.69) is 4.90 Å². The maximum absolute atomic E-state index is 12.5. The number of halogens is 2. The predicted octanol–water partition coefficient (Wildman–Crippen LogP) is 3.33. The second-order valence-corrected chi connectivity index (χ2v) is 8.79. The van der Waals surface area contributed by atoms with Crippen molar-refractivity contribution in [1.82, 2.24) is 9.21 Å². The predicted molar refractivity (Wildman–Crippen MR) is 97.1 cm³/mol. The van der Waals surface area contributed by atoms with E-state index in [1.54, 1.807) is 21.8 Å². The second kappa shape index (κ2) is 7.96. The molecule has 0 atom stereocenters. The molecule has 1 saturated heterocycles. The summed E-state index contributed by atoms with van der Waals surface area (Å²) in [7, 11) is -3.31. The fraction of sp³-hybridized carbons (Fsp3) is 0.333. The summed E-state index contributed by atoms with van der Waals surface area (Å²) in [4.78, 5) is 2.27. The highest BCUT2D eigenvalue weighted by atomic mass is 35.5. The Kier molecular flexibility index (Phi) is 6.48. The van der Waals surface area contributed by atoms with Crippen LogP contribution < -0.4 is 0 Å². The van der Waals surface area contributed by atoms with Crippen molar-refractivity contribution in [3.63, 3.8) is 0 Å². The van der Waals surface area contributed by atoms with Crippen LogP contribution in [-0.2, 0) is 16.6 Å². The third kappa shape index (κ3) is 4.47. The lowest BCUT2D eigenvalue weighted by molar-refractivity contribution is 0.182. The van der Waals surface area contributed by atoms with Crippen LogP contribution in [-0.4, -0.2) is 43.8 Å². The van der Waals surface area contributed by atoms with Gasteiger partial charge in [0, 0.05) is 37.7 Å². The first-order valence-corrected chi connectivity index (χ1v) is 9.76. The summed E-state index contributed by atoms with van der Waals surface area (Å²) >= 11 is 7.16. The Labute approximate surface area is 152 Å². The number of sulfonamides is 1. The molecule has 1 aliphatic heterocycles. The molecule has 1 aromatic carbocycles. The lowest BCUT2D eigenvalue weighted by Crippen LogP contribution is -2.48. The Morgan fingerprint density at radius 2 is 1.70 bits per heavy atom. The standard InChI is InChI=1S/C15H17ClN2O2S2.ClH/c16-14-5-3-13(4-6-14)12-17-7-9-18(10-8-17)22(19,20)15-2-1-11-21-15;/h1-6,11H,7-10,12H2;1H. The second-order valence-electron chi connectivity index (χ2n) is 5.24. The molecule has 0 aliphatic carbocycles. The van der Waals surface area contributed by atoms with E-state index in [-0.39, 0.29) is 12.4 Å². The fourth-order valence-corrected chi connectivity index (χ4v) is 5.21. The minimum absolute atomic E-state index is 0. The first kappa shape index (κ1) is 18.7. The third-order valence-electron chi connectivity index (χ3n) is 3.74. The minimum atomic E-state index is -3.31. The first-order valence-electron chi connectivity index (χ1n) is 7.06. The smallest absolute Gasteiger partial charge is 0.252 e. The Bertz CT molecular complexity index is 710. The molecule has 1 aliphatic rings. The van der Waals surface area contributed by atoms with Crippen molar-refractivity contribution in [2.24, 2.45) is 0 Å². The zero-order valence-electron chi connectivity index (χ0n) is 12.4. The molecular formula is C15H18Cl2N2O2S2. The molecule has 1 fully saturated rings. The molecule has 1 aromatic heterocycles. The Morgan fingerprint density at radius 1 is 1.04 bits per heavy atom. The van der Waals surface area contributed by atoms with Crippen LogP contribution in [0, 0.1) is 0 Å². The van der Waals surface area contributed by atoms with Crippen molar-refractivity contribution >= 4 is 45.4 Å². The average Bonchev–Trinajstić information content (AvgIpc) is 3.05. The lowest BCUT2D eigenvalue weighted by atomic mass is 10.2. The van der Waals surface area contributed by atoms with Gasteiger partial charge in [0.1, 0.15) is 4.21 Å². The van der Waals surface area contributed by atoms with Gasteiger partial charge < -0.3 is 0 Å². The van der Waals surface area contributed by atoms with Gasteiger partial charge in [-0.2, -0.15) is 4.31 Å². The molecule has 0 unspecified atom stereocenters. The molecule has 3 rings (SSSR count). The van der Waals surface area contributed by atoms with Crippen molar-refractivity contribution in [3.05, 3.63) is 52.4 Å². The van der Waals surface area contributed by atoms with E-state index in [1.807, 2.05) is 24.3 Å². The zero-order chi connectivity index (χ0) is 15.6. The van der Waals surface area contributed by atoms with E-state index in [0.29, 0.717) is 17.3 Å². The normalized spacial score (nSPS) is 16.9. The number of benzene rings is 1. The summed E-state index contributed by atoms with van der Waals surface area (Å²) in [6, 6.07) is 11.2. The molecule has 126 valence electrons. The molecular weight excluding hydrogens is 375 g/mol. The van der Waals surface area contributed by atoms with Gasteiger partial charge in [-0.25, -0.2) is 8.42 Å². The lowest BCUT2D eigenvalue weighted by Gasteiger charge is -2.33. The number of thiophene rings is 1. The fourth-order valence-electron chi connectivity index (χ4n) is 2.51. The van der Waals surface area contributed by atoms with Gasteiger partial charge in [0.25, 0.3) is 10.0 Å². The Balaban J connectivity index is 0.00000192. The van der Waals surface area contributed by atoms with Gasteiger partial charge in [-0.3, -0.25) is 4.90 Å². The van der Waals surface area contributed by atoms with Gasteiger partial charge in [0.15, 0.2) is 0 Å². The van der Waals surface area contributed by atoms with Crippen LogP contribution in [0.3, 0.4) is 0 Å². The van der Waals surface area contributed by atoms with E-state index >= 15 is 0 Å². The summed E-state index contributed by atoms with van der Waals surface area (Å²) < 4.78 is 26.9. The first-order chi connectivity index (χ1) is 10.6. The summed E-state index contributed by atoms with van der Waals surface area (Å²) in [6.45, 7) is 3.38. The SMILES string of the molecule is Cl.O=S(=O)(c1cccs1)N1CCN(Cc2ccc(Cl)cc2)CC1. The molecule has 0 spiro atoms. The average molecular weight is 393 g/mol. The topological polar surface area (TPSA) is 40.6 Å². The summed E-state index contributed by atoms with van der Waals surface area (Å²) in [5.74, 6) is 0. The van der Waals surface area contributed by atoms with Crippen molar-refractivity contribution in [1.29, 1.82) is 0 Å². The number of hydrogen-bond acceptors (Lipinski definition) is 4.